The molecule has 0 spiro atoms. The molecule has 0 saturated carbocycles. The van der Waals surface area contributed by atoms with Crippen LogP contribution in [0.25, 0.3) is 0 Å². The van der Waals surface area contributed by atoms with Crippen LogP contribution in [0.5, 0.6) is 0 Å². The van der Waals surface area contributed by atoms with Crippen LogP contribution in [-0.4, -0.2) is 68.9 Å². The maximum atomic E-state index is 13.1. The molecule has 1 heterocycles. The second-order valence-electron chi connectivity index (χ2n) is 7.89. The molecule has 1 aliphatic rings. The van der Waals surface area contributed by atoms with E-state index < -0.39 is 10.0 Å². The minimum Gasteiger partial charge on any atom is -0.357 e. The number of rotatable bonds is 5. The Labute approximate surface area is 187 Å². The Balaban J connectivity index is 0.00000392. The lowest BCUT2D eigenvalue weighted by atomic mass is 10.1. The van der Waals surface area contributed by atoms with E-state index in [0.29, 0.717) is 36.1 Å². The predicted molar refractivity (Wildman–Crippen MR) is 126 cm³/mol. The normalized spacial score (nSPS) is 17.1. The highest BCUT2D eigenvalue weighted by molar-refractivity contribution is 14.0. The summed E-state index contributed by atoms with van der Waals surface area (Å²) in [5.41, 5.74) is 0.578. The van der Waals surface area contributed by atoms with Crippen molar-refractivity contribution >= 4 is 40.0 Å². The number of nitrogens with zero attached hydrogens (tertiary/aromatic N) is 3. The van der Waals surface area contributed by atoms with Crippen molar-refractivity contribution in [2.45, 2.75) is 44.7 Å². The summed E-state index contributed by atoms with van der Waals surface area (Å²) in [6.45, 7) is 11.8. The Morgan fingerprint density at radius 2 is 1.75 bits per heavy atom. The molecule has 0 unspecified atom stereocenters. The van der Waals surface area contributed by atoms with Crippen LogP contribution < -0.4 is 10.6 Å². The number of likely N-dealkylation sites (N-methyl/N-ethyl adjacent to an activating group) is 1. The Morgan fingerprint density at radius 3 is 2.32 bits per heavy atom. The highest BCUT2D eigenvalue weighted by atomic mass is 127. The first kappa shape index (κ1) is 25.1. The highest BCUT2D eigenvalue weighted by Crippen LogP contribution is 2.22. The Morgan fingerprint density at radius 1 is 1.14 bits per heavy atom. The Hall–Kier alpha value is -0.910. The molecule has 1 aromatic rings. The van der Waals surface area contributed by atoms with Crippen LogP contribution in [0, 0.1) is 0 Å². The van der Waals surface area contributed by atoms with E-state index in [1.165, 1.54) is 0 Å². The van der Waals surface area contributed by atoms with Crippen molar-refractivity contribution in [1.29, 1.82) is 0 Å². The zero-order valence-electron chi connectivity index (χ0n) is 17.5. The zero-order valence-corrected chi connectivity index (χ0v) is 20.7. The average Bonchev–Trinajstić information content (AvgIpc) is 2.59. The zero-order chi connectivity index (χ0) is 20.1. The smallest absolute Gasteiger partial charge is 0.243 e. The molecule has 160 valence electrons. The summed E-state index contributed by atoms with van der Waals surface area (Å²) in [6.07, 6.45) is 0. The van der Waals surface area contributed by atoms with Gasteiger partial charge >= 0.3 is 0 Å². The third kappa shape index (κ3) is 7.16. The van der Waals surface area contributed by atoms with Gasteiger partial charge in [0.05, 0.1) is 11.4 Å². The van der Waals surface area contributed by atoms with Crippen molar-refractivity contribution in [2.75, 3.05) is 39.8 Å². The third-order valence-electron chi connectivity index (χ3n) is 4.30. The molecule has 0 aromatic heterocycles. The number of piperazine rings is 1. The molecule has 0 amide bonds. The molecular formula is C19H34IN5O2S. The molecule has 9 heteroatoms. The molecule has 0 bridgehead atoms. The lowest BCUT2D eigenvalue weighted by Gasteiger charge is -2.32. The first-order valence-electron chi connectivity index (χ1n) is 9.46. The van der Waals surface area contributed by atoms with Crippen LogP contribution in [0.15, 0.2) is 34.2 Å². The van der Waals surface area contributed by atoms with E-state index in [-0.39, 0.29) is 29.5 Å². The number of benzene rings is 1. The number of nitrogens with one attached hydrogen (secondary N) is 2. The molecule has 0 aliphatic carbocycles. The molecule has 2 N–H and O–H groups in total. The van der Waals surface area contributed by atoms with Gasteiger partial charge in [-0.1, -0.05) is 18.2 Å². The fourth-order valence-corrected chi connectivity index (χ4v) is 4.52. The molecule has 7 nitrogen and oxygen atoms in total. The maximum Gasteiger partial charge on any atom is 0.243 e. The van der Waals surface area contributed by atoms with E-state index >= 15 is 0 Å². The van der Waals surface area contributed by atoms with Gasteiger partial charge in [-0.15, -0.1) is 24.0 Å². The van der Waals surface area contributed by atoms with E-state index in [9.17, 15) is 8.42 Å². The summed E-state index contributed by atoms with van der Waals surface area (Å²) in [7, 11) is -1.50. The minimum atomic E-state index is -3.51. The number of sulfonamides is 1. The van der Waals surface area contributed by atoms with Gasteiger partial charge in [0.1, 0.15) is 0 Å². The largest absolute Gasteiger partial charge is 0.357 e. The monoisotopic (exact) mass is 523 g/mol. The lowest BCUT2D eigenvalue weighted by molar-refractivity contribution is 0.222. The first-order chi connectivity index (χ1) is 12.6. The van der Waals surface area contributed by atoms with Crippen LogP contribution in [-0.2, 0) is 16.6 Å². The van der Waals surface area contributed by atoms with Gasteiger partial charge in [-0.3, -0.25) is 0 Å². The van der Waals surface area contributed by atoms with Crippen molar-refractivity contribution in [1.82, 2.24) is 19.8 Å². The standard InChI is InChI=1S/C19H33N5O2S.HI/c1-6-20-18(22-19(2,3)4)21-15-16-9-7-8-10-17(16)27(25,26)24-13-11-23(5)12-14-24;/h7-10H,6,11-15H2,1-5H3,(H2,20,21,22);1H. The molecule has 28 heavy (non-hydrogen) atoms. The van der Waals surface area contributed by atoms with Gasteiger partial charge < -0.3 is 15.5 Å². The summed E-state index contributed by atoms with van der Waals surface area (Å²) < 4.78 is 27.9. The van der Waals surface area contributed by atoms with Crippen LogP contribution in [0.2, 0.25) is 0 Å². The van der Waals surface area contributed by atoms with Gasteiger partial charge in [-0.25, -0.2) is 13.4 Å². The maximum absolute atomic E-state index is 13.1. The summed E-state index contributed by atoms with van der Waals surface area (Å²) in [5.74, 6) is 0.678. The van der Waals surface area contributed by atoms with Crippen LogP contribution >= 0.6 is 24.0 Å². The number of halogens is 1. The predicted octanol–water partition coefficient (Wildman–Crippen LogP) is 2.09. The lowest BCUT2D eigenvalue weighted by Crippen LogP contribution is -2.47. The van der Waals surface area contributed by atoms with Crippen molar-refractivity contribution in [3.63, 3.8) is 0 Å². The third-order valence-corrected chi connectivity index (χ3v) is 6.30. The number of guanidine groups is 1. The van der Waals surface area contributed by atoms with Crippen LogP contribution in [0.4, 0.5) is 0 Å². The van der Waals surface area contributed by atoms with Crippen LogP contribution in [0.1, 0.15) is 33.3 Å². The highest BCUT2D eigenvalue weighted by Gasteiger charge is 2.29. The van der Waals surface area contributed by atoms with Gasteiger partial charge in [-0.2, -0.15) is 4.31 Å². The molecule has 0 atom stereocenters. The van der Waals surface area contributed by atoms with Gasteiger partial charge in [0.2, 0.25) is 10.0 Å². The van der Waals surface area contributed by atoms with E-state index in [1.807, 2.05) is 26.1 Å². The van der Waals surface area contributed by atoms with E-state index in [0.717, 1.165) is 19.6 Å². The fourth-order valence-electron chi connectivity index (χ4n) is 2.88. The second-order valence-corrected chi connectivity index (χ2v) is 9.79. The van der Waals surface area contributed by atoms with E-state index in [2.05, 4.69) is 41.3 Å². The molecule has 2 rings (SSSR count). The summed E-state index contributed by atoms with van der Waals surface area (Å²) in [4.78, 5) is 7.10. The topological polar surface area (TPSA) is 77.0 Å². The number of aliphatic imine (C=N–C) groups is 1. The number of hydrogen-bond donors (Lipinski definition) is 2. The number of hydrogen-bond acceptors (Lipinski definition) is 4. The van der Waals surface area contributed by atoms with Crippen molar-refractivity contribution in [3.05, 3.63) is 29.8 Å². The molecule has 1 fully saturated rings. The van der Waals surface area contributed by atoms with Crippen molar-refractivity contribution in [3.8, 4) is 0 Å². The molecule has 0 radical (unpaired) electrons. The van der Waals surface area contributed by atoms with Gasteiger partial charge in [0.25, 0.3) is 0 Å². The minimum absolute atomic E-state index is 0. The van der Waals surface area contributed by atoms with E-state index in [1.54, 1.807) is 16.4 Å². The Bertz CT molecular complexity index is 754. The van der Waals surface area contributed by atoms with Crippen molar-refractivity contribution in [2.24, 2.45) is 4.99 Å². The van der Waals surface area contributed by atoms with Crippen LogP contribution in [0.3, 0.4) is 0 Å². The first-order valence-corrected chi connectivity index (χ1v) is 10.9. The molecule has 1 aliphatic heterocycles. The van der Waals surface area contributed by atoms with Gasteiger partial charge in [0, 0.05) is 38.3 Å². The SMILES string of the molecule is CCNC(=NCc1ccccc1S(=O)(=O)N1CCN(C)CC1)NC(C)(C)C.I. The second kappa shape index (κ2) is 10.7. The van der Waals surface area contributed by atoms with Gasteiger partial charge in [0.15, 0.2) is 5.96 Å². The van der Waals surface area contributed by atoms with E-state index in [4.69, 9.17) is 0 Å². The average molecular weight is 523 g/mol. The summed E-state index contributed by atoms with van der Waals surface area (Å²) in [5, 5.41) is 6.54. The van der Waals surface area contributed by atoms with Crippen molar-refractivity contribution < 1.29 is 8.42 Å². The molecule has 1 saturated heterocycles. The molecule has 1 aromatic carbocycles. The summed E-state index contributed by atoms with van der Waals surface area (Å²) >= 11 is 0. The summed E-state index contributed by atoms with van der Waals surface area (Å²) in [6, 6.07) is 7.16. The molecular weight excluding hydrogens is 489 g/mol. The Kier molecular flexibility index (Phi) is 9.65. The fraction of sp³-hybridized carbons (Fsp3) is 0.632. The quantitative estimate of drug-likeness (QED) is 0.351. The van der Waals surface area contributed by atoms with Gasteiger partial charge in [-0.05, 0) is 46.4 Å².